The third-order valence-corrected chi connectivity index (χ3v) is 2.32. The van der Waals surface area contributed by atoms with E-state index in [-0.39, 0.29) is 18.8 Å². The Labute approximate surface area is 93.4 Å². The van der Waals surface area contributed by atoms with Crippen LogP contribution in [0, 0.1) is 0 Å². The van der Waals surface area contributed by atoms with Crippen molar-refractivity contribution in [1.82, 2.24) is 4.98 Å². The molecule has 15 heavy (non-hydrogen) atoms. The van der Waals surface area contributed by atoms with Crippen molar-refractivity contribution in [2.45, 2.75) is 12.5 Å². The highest BCUT2D eigenvalue weighted by Gasteiger charge is 2.14. The number of rotatable bonds is 5. The predicted octanol–water partition coefficient (Wildman–Crippen LogP) is 0.820. The number of ether oxygens (including phenoxy) is 1. The van der Waals surface area contributed by atoms with Gasteiger partial charge in [0.25, 0.3) is 0 Å². The van der Waals surface area contributed by atoms with Crippen molar-refractivity contribution >= 4 is 17.4 Å². The molecule has 82 valence electrons. The van der Waals surface area contributed by atoms with Gasteiger partial charge in [0.05, 0.1) is 17.7 Å². The summed E-state index contributed by atoms with van der Waals surface area (Å²) in [5.41, 5.74) is 6.33. The van der Waals surface area contributed by atoms with E-state index in [4.69, 9.17) is 22.1 Å². The van der Waals surface area contributed by atoms with Gasteiger partial charge in [0.1, 0.15) is 0 Å². The first-order valence-electron chi connectivity index (χ1n) is 4.50. The van der Waals surface area contributed by atoms with Crippen LogP contribution in [0.1, 0.15) is 5.56 Å². The molecule has 0 aliphatic carbocycles. The summed E-state index contributed by atoms with van der Waals surface area (Å²) in [5.74, 6) is -0.0926. The van der Waals surface area contributed by atoms with Gasteiger partial charge in [-0.3, -0.25) is 9.78 Å². The van der Waals surface area contributed by atoms with E-state index in [0.29, 0.717) is 5.02 Å². The van der Waals surface area contributed by atoms with Crippen molar-refractivity contribution in [3.05, 3.63) is 29.0 Å². The van der Waals surface area contributed by atoms with Crippen LogP contribution in [0.5, 0.6) is 0 Å². The monoisotopic (exact) mass is 228 g/mol. The second-order valence-electron chi connectivity index (χ2n) is 3.17. The van der Waals surface area contributed by atoms with E-state index in [1.54, 1.807) is 12.3 Å². The van der Waals surface area contributed by atoms with Crippen LogP contribution in [0.15, 0.2) is 18.5 Å². The van der Waals surface area contributed by atoms with Crippen molar-refractivity contribution in [2.75, 3.05) is 13.7 Å². The largest absolute Gasteiger partial charge is 0.383 e. The van der Waals surface area contributed by atoms with Crippen molar-refractivity contribution in [3.8, 4) is 0 Å². The molecular weight excluding hydrogens is 216 g/mol. The summed E-state index contributed by atoms with van der Waals surface area (Å²) < 4.78 is 4.80. The minimum Gasteiger partial charge on any atom is -0.383 e. The Balaban J connectivity index is 2.62. The molecule has 0 saturated heterocycles. The molecule has 5 heteroatoms. The summed E-state index contributed by atoms with van der Waals surface area (Å²) in [6.45, 7) is 0.224. The van der Waals surface area contributed by atoms with Gasteiger partial charge in [-0.25, -0.2) is 0 Å². The number of pyridine rings is 1. The van der Waals surface area contributed by atoms with Crippen LogP contribution < -0.4 is 5.73 Å². The molecule has 1 atom stereocenters. The van der Waals surface area contributed by atoms with E-state index < -0.39 is 6.04 Å². The standard InChI is InChI=1S/C10H13ClN2O2/c1-15-6-9(12)10(14)4-7-2-3-13-5-8(7)11/h2-3,5,9H,4,6,12H2,1H3. The molecule has 4 nitrogen and oxygen atoms in total. The number of hydrogen-bond acceptors (Lipinski definition) is 4. The lowest BCUT2D eigenvalue weighted by atomic mass is 10.1. The molecule has 0 bridgehead atoms. The maximum Gasteiger partial charge on any atom is 0.156 e. The smallest absolute Gasteiger partial charge is 0.156 e. The van der Waals surface area contributed by atoms with E-state index in [9.17, 15) is 4.79 Å². The van der Waals surface area contributed by atoms with E-state index in [0.717, 1.165) is 5.56 Å². The topological polar surface area (TPSA) is 65.2 Å². The fourth-order valence-corrected chi connectivity index (χ4v) is 1.32. The average molecular weight is 229 g/mol. The Bertz CT molecular complexity index is 344. The van der Waals surface area contributed by atoms with Crippen LogP contribution in [-0.4, -0.2) is 30.5 Å². The third kappa shape index (κ3) is 3.58. The molecule has 0 aliphatic rings. The Morgan fingerprint density at radius 3 is 3.07 bits per heavy atom. The Morgan fingerprint density at radius 2 is 2.47 bits per heavy atom. The zero-order chi connectivity index (χ0) is 11.3. The molecule has 1 aromatic rings. The quantitative estimate of drug-likeness (QED) is 0.811. The second-order valence-corrected chi connectivity index (χ2v) is 3.58. The number of carbonyl (C=O) groups excluding carboxylic acids is 1. The Morgan fingerprint density at radius 1 is 1.73 bits per heavy atom. The summed E-state index contributed by atoms with van der Waals surface area (Å²) in [6.07, 6.45) is 3.31. The van der Waals surface area contributed by atoms with E-state index in [1.165, 1.54) is 13.3 Å². The van der Waals surface area contributed by atoms with Gasteiger partial charge in [-0.1, -0.05) is 11.6 Å². The molecule has 0 saturated carbocycles. The maximum absolute atomic E-state index is 11.6. The van der Waals surface area contributed by atoms with Gasteiger partial charge in [0, 0.05) is 25.9 Å². The van der Waals surface area contributed by atoms with Gasteiger partial charge in [0.15, 0.2) is 5.78 Å². The zero-order valence-electron chi connectivity index (χ0n) is 8.44. The minimum atomic E-state index is -0.598. The number of nitrogens with zero attached hydrogens (tertiary/aromatic N) is 1. The van der Waals surface area contributed by atoms with E-state index in [2.05, 4.69) is 4.98 Å². The molecule has 1 heterocycles. The number of methoxy groups -OCH3 is 1. The zero-order valence-corrected chi connectivity index (χ0v) is 9.20. The summed E-state index contributed by atoms with van der Waals surface area (Å²) in [5, 5.41) is 0.482. The number of hydrogen-bond donors (Lipinski definition) is 1. The fourth-order valence-electron chi connectivity index (χ4n) is 1.14. The number of halogens is 1. The van der Waals surface area contributed by atoms with Crippen molar-refractivity contribution in [3.63, 3.8) is 0 Å². The molecule has 0 spiro atoms. The average Bonchev–Trinajstić information content (AvgIpc) is 2.21. The first-order valence-corrected chi connectivity index (χ1v) is 4.88. The predicted molar refractivity (Wildman–Crippen MR) is 57.8 cm³/mol. The van der Waals surface area contributed by atoms with Gasteiger partial charge in [-0.05, 0) is 11.6 Å². The molecule has 2 N–H and O–H groups in total. The van der Waals surface area contributed by atoms with Gasteiger partial charge < -0.3 is 10.5 Å². The highest BCUT2D eigenvalue weighted by Crippen LogP contribution is 2.14. The Hall–Kier alpha value is -0.970. The first-order chi connectivity index (χ1) is 7.15. The highest BCUT2D eigenvalue weighted by molar-refractivity contribution is 6.31. The number of carbonyl (C=O) groups is 1. The molecule has 0 aliphatic heterocycles. The molecule has 1 aromatic heterocycles. The van der Waals surface area contributed by atoms with Crippen LogP contribution in [0.2, 0.25) is 5.02 Å². The van der Waals surface area contributed by atoms with Crippen molar-refractivity contribution in [1.29, 1.82) is 0 Å². The molecule has 0 amide bonds. The lowest BCUT2D eigenvalue weighted by molar-refractivity contribution is -0.120. The third-order valence-electron chi connectivity index (χ3n) is 1.98. The maximum atomic E-state index is 11.6. The van der Waals surface area contributed by atoms with Gasteiger partial charge in [-0.15, -0.1) is 0 Å². The first kappa shape index (κ1) is 12.1. The molecule has 0 radical (unpaired) electrons. The fraction of sp³-hybridized carbons (Fsp3) is 0.400. The number of nitrogens with two attached hydrogens (primary N) is 1. The van der Waals surface area contributed by atoms with E-state index in [1.807, 2.05) is 0 Å². The summed E-state index contributed by atoms with van der Waals surface area (Å²) in [6, 6.07) is 1.11. The van der Waals surface area contributed by atoms with Crippen LogP contribution >= 0.6 is 11.6 Å². The van der Waals surface area contributed by atoms with Crippen LogP contribution in [0.25, 0.3) is 0 Å². The van der Waals surface area contributed by atoms with Crippen LogP contribution in [0.4, 0.5) is 0 Å². The molecule has 0 fully saturated rings. The number of Topliss-reactive ketones (excluding diaryl/α,β-unsaturated/α-hetero) is 1. The van der Waals surface area contributed by atoms with Crippen LogP contribution in [0.3, 0.4) is 0 Å². The molecule has 1 rings (SSSR count). The number of ketones is 1. The highest BCUT2D eigenvalue weighted by atomic mass is 35.5. The van der Waals surface area contributed by atoms with Gasteiger partial charge >= 0.3 is 0 Å². The van der Waals surface area contributed by atoms with E-state index >= 15 is 0 Å². The Kier molecular flexibility index (Phi) is 4.68. The second kappa shape index (κ2) is 5.80. The number of aromatic nitrogens is 1. The minimum absolute atomic E-state index is 0.0926. The summed E-state index contributed by atoms with van der Waals surface area (Å²) in [7, 11) is 1.51. The van der Waals surface area contributed by atoms with Gasteiger partial charge in [-0.2, -0.15) is 0 Å². The van der Waals surface area contributed by atoms with Crippen LogP contribution in [-0.2, 0) is 16.0 Å². The van der Waals surface area contributed by atoms with Crippen molar-refractivity contribution in [2.24, 2.45) is 5.73 Å². The SMILES string of the molecule is COCC(N)C(=O)Cc1ccncc1Cl. The summed E-state index contributed by atoms with van der Waals surface area (Å²) >= 11 is 5.86. The molecular formula is C10H13ClN2O2. The molecule has 1 unspecified atom stereocenters. The van der Waals surface area contributed by atoms with Crippen molar-refractivity contribution < 1.29 is 9.53 Å². The lowest BCUT2D eigenvalue weighted by Gasteiger charge is -2.09. The lowest BCUT2D eigenvalue weighted by Crippen LogP contribution is -2.35. The molecule has 0 aromatic carbocycles. The summed E-state index contributed by atoms with van der Waals surface area (Å²) in [4.78, 5) is 15.4. The normalized spacial score (nSPS) is 12.5. The van der Waals surface area contributed by atoms with Gasteiger partial charge in [0.2, 0.25) is 0 Å².